The van der Waals surface area contributed by atoms with Crippen molar-refractivity contribution in [2.75, 3.05) is 37.5 Å². The van der Waals surface area contributed by atoms with E-state index in [1.165, 1.54) is 0 Å². The number of H-pyrrole nitrogens is 1. The Labute approximate surface area is 110 Å². The minimum Gasteiger partial charge on any atom is -0.394 e. The summed E-state index contributed by atoms with van der Waals surface area (Å²) in [6.45, 7) is 3.03. The summed E-state index contributed by atoms with van der Waals surface area (Å²) < 4.78 is 5.03. The summed E-state index contributed by atoms with van der Waals surface area (Å²) in [4.78, 5) is 8.66. The first kappa shape index (κ1) is 13.5. The number of aliphatic hydroxyl groups is 1. The molecule has 8 nitrogen and oxygen atoms in total. The molecular formula is C11H18N6O2. The van der Waals surface area contributed by atoms with Gasteiger partial charge in [0.05, 0.1) is 30.8 Å². The van der Waals surface area contributed by atoms with Crippen molar-refractivity contribution in [3.8, 4) is 0 Å². The second kappa shape index (κ2) is 6.30. The van der Waals surface area contributed by atoms with E-state index in [9.17, 15) is 5.11 Å². The van der Waals surface area contributed by atoms with Crippen molar-refractivity contribution in [1.29, 1.82) is 0 Å². The van der Waals surface area contributed by atoms with Gasteiger partial charge in [-0.25, -0.2) is 0 Å². The van der Waals surface area contributed by atoms with Gasteiger partial charge in [0.15, 0.2) is 5.65 Å². The molecule has 104 valence electrons. The molecule has 19 heavy (non-hydrogen) atoms. The van der Waals surface area contributed by atoms with Gasteiger partial charge in [-0.05, 0) is 6.92 Å². The summed E-state index contributed by atoms with van der Waals surface area (Å²) in [6, 6.07) is -0.229. The van der Waals surface area contributed by atoms with Crippen LogP contribution in [0.1, 0.15) is 6.92 Å². The number of hydrogen-bond donors (Lipinski definition) is 4. The molecule has 2 aromatic heterocycles. The molecule has 0 spiro atoms. The molecule has 1 unspecified atom stereocenters. The van der Waals surface area contributed by atoms with Gasteiger partial charge in [0.25, 0.3) is 0 Å². The topological polar surface area (TPSA) is 108 Å². The Bertz CT molecular complexity index is 529. The lowest BCUT2D eigenvalue weighted by Gasteiger charge is -2.16. The normalized spacial score (nSPS) is 12.6. The van der Waals surface area contributed by atoms with Gasteiger partial charge in [-0.3, -0.25) is 5.10 Å². The zero-order valence-corrected chi connectivity index (χ0v) is 11.0. The molecule has 0 radical (unpaired) electrons. The smallest absolute Gasteiger partial charge is 0.226 e. The van der Waals surface area contributed by atoms with Gasteiger partial charge in [0.1, 0.15) is 5.82 Å². The van der Waals surface area contributed by atoms with Crippen LogP contribution in [0.15, 0.2) is 6.20 Å². The predicted octanol–water partition coefficient (Wildman–Crippen LogP) is 0.204. The van der Waals surface area contributed by atoms with Crippen LogP contribution in [-0.4, -0.2) is 58.2 Å². The molecule has 8 heteroatoms. The summed E-state index contributed by atoms with van der Waals surface area (Å²) in [7, 11) is 1.59. The van der Waals surface area contributed by atoms with Gasteiger partial charge < -0.3 is 20.5 Å². The molecule has 2 aromatic rings. The summed E-state index contributed by atoms with van der Waals surface area (Å²) >= 11 is 0. The van der Waals surface area contributed by atoms with E-state index in [1.54, 1.807) is 13.3 Å². The molecule has 1 atom stereocenters. The summed E-state index contributed by atoms with van der Waals surface area (Å²) in [5, 5.41) is 23.0. The molecule has 4 N–H and O–H groups in total. The van der Waals surface area contributed by atoms with Gasteiger partial charge in [-0.2, -0.15) is 15.1 Å². The fourth-order valence-corrected chi connectivity index (χ4v) is 1.72. The van der Waals surface area contributed by atoms with Crippen molar-refractivity contribution in [3.63, 3.8) is 0 Å². The lowest BCUT2D eigenvalue weighted by atomic mass is 10.3. The fraction of sp³-hybridized carbons (Fsp3) is 0.545. The van der Waals surface area contributed by atoms with Crippen LogP contribution in [-0.2, 0) is 4.74 Å². The van der Waals surface area contributed by atoms with E-state index in [-0.39, 0.29) is 12.6 Å². The highest BCUT2D eigenvalue weighted by molar-refractivity contribution is 5.87. The quantitative estimate of drug-likeness (QED) is 0.567. The molecule has 0 aliphatic carbocycles. The number of nitrogens with one attached hydrogen (secondary N) is 3. The van der Waals surface area contributed by atoms with Gasteiger partial charge in [0, 0.05) is 13.7 Å². The van der Waals surface area contributed by atoms with Gasteiger partial charge in [-0.15, -0.1) is 0 Å². The first-order chi connectivity index (χ1) is 9.28. The van der Waals surface area contributed by atoms with Crippen molar-refractivity contribution < 1.29 is 9.84 Å². The summed E-state index contributed by atoms with van der Waals surface area (Å²) in [6.07, 6.45) is 1.65. The highest BCUT2D eigenvalue weighted by Crippen LogP contribution is 2.20. The van der Waals surface area contributed by atoms with Crippen LogP contribution in [0.2, 0.25) is 0 Å². The Morgan fingerprint density at radius 1 is 1.47 bits per heavy atom. The van der Waals surface area contributed by atoms with Crippen LogP contribution >= 0.6 is 0 Å². The van der Waals surface area contributed by atoms with Crippen molar-refractivity contribution in [3.05, 3.63) is 6.20 Å². The average Bonchev–Trinajstić information content (AvgIpc) is 2.87. The number of methoxy groups -OCH3 is 1. The van der Waals surface area contributed by atoms with Crippen LogP contribution in [0.4, 0.5) is 11.8 Å². The van der Waals surface area contributed by atoms with Crippen LogP contribution in [0, 0.1) is 0 Å². The number of fused-ring (bicyclic) bond motifs is 1. The minimum absolute atomic E-state index is 0.0479. The van der Waals surface area contributed by atoms with E-state index in [2.05, 4.69) is 30.8 Å². The van der Waals surface area contributed by atoms with Crippen molar-refractivity contribution >= 4 is 22.8 Å². The average molecular weight is 266 g/mol. The number of anilines is 2. The molecule has 0 fully saturated rings. The number of rotatable bonds is 7. The Morgan fingerprint density at radius 2 is 2.32 bits per heavy atom. The number of hydrogen-bond acceptors (Lipinski definition) is 7. The standard InChI is InChI=1S/C11H18N6O2/c1-3-12-11-15-9(14-7(5-18)6-19-2)8-4-13-17-10(8)16-11/h4,7,18H,3,5-6H2,1-2H3,(H3,12,13,14,15,16,17). The lowest BCUT2D eigenvalue weighted by Crippen LogP contribution is -2.29. The Hall–Kier alpha value is -1.93. The zero-order chi connectivity index (χ0) is 13.7. The second-order valence-corrected chi connectivity index (χ2v) is 4.04. The molecule has 0 aromatic carbocycles. The number of aliphatic hydroxyl groups excluding tert-OH is 1. The van der Waals surface area contributed by atoms with Crippen molar-refractivity contribution in [2.24, 2.45) is 0 Å². The van der Waals surface area contributed by atoms with Crippen LogP contribution < -0.4 is 10.6 Å². The molecule has 0 saturated carbocycles. The Morgan fingerprint density at radius 3 is 3.00 bits per heavy atom. The van der Waals surface area contributed by atoms with Gasteiger partial charge >= 0.3 is 0 Å². The van der Waals surface area contributed by atoms with Crippen LogP contribution in [0.3, 0.4) is 0 Å². The third-order valence-electron chi connectivity index (χ3n) is 2.57. The SMILES string of the molecule is CCNc1nc(NC(CO)COC)c2cn[nH]c2n1. The molecule has 0 aliphatic heterocycles. The highest BCUT2D eigenvalue weighted by Gasteiger charge is 2.13. The minimum atomic E-state index is -0.229. The first-order valence-corrected chi connectivity index (χ1v) is 6.09. The molecule has 0 aliphatic rings. The lowest BCUT2D eigenvalue weighted by molar-refractivity contribution is 0.153. The number of aromatic nitrogens is 4. The highest BCUT2D eigenvalue weighted by atomic mass is 16.5. The zero-order valence-electron chi connectivity index (χ0n) is 11.0. The fourth-order valence-electron chi connectivity index (χ4n) is 1.72. The molecule has 0 saturated heterocycles. The Balaban J connectivity index is 2.31. The van der Waals surface area contributed by atoms with E-state index >= 15 is 0 Å². The number of nitrogens with zero attached hydrogens (tertiary/aromatic N) is 3. The third kappa shape index (κ3) is 3.09. The third-order valence-corrected chi connectivity index (χ3v) is 2.57. The van der Waals surface area contributed by atoms with Crippen molar-refractivity contribution in [2.45, 2.75) is 13.0 Å². The van der Waals surface area contributed by atoms with E-state index in [0.29, 0.717) is 24.0 Å². The van der Waals surface area contributed by atoms with Crippen LogP contribution in [0.25, 0.3) is 11.0 Å². The maximum Gasteiger partial charge on any atom is 0.226 e. The van der Waals surface area contributed by atoms with E-state index in [1.807, 2.05) is 6.92 Å². The van der Waals surface area contributed by atoms with E-state index in [0.717, 1.165) is 11.9 Å². The Kier molecular flexibility index (Phi) is 4.48. The molecular weight excluding hydrogens is 248 g/mol. The van der Waals surface area contributed by atoms with Gasteiger partial charge in [-0.1, -0.05) is 0 Å². The van der Waals surface area contributed by atoms with E-state index in [4.69, 9.17) is 4.74 Å². The summed E-state index contributed by atoms with van der Waals surface area (Å²) in [5.74, 6) is 1.13. The first-order valence-electron chi connectivity index (χ1n) is 6.09. The maximum absolute atomic E-state index is 9.29. The van der Waals surface area contributed by atoms with Gasteiger partial charge in [0.2, 0.25) is 5.95 Å². The predicted molar refractivity (Wildman–Crippen MR) is 72.2 cm³/mol. The van der Waals surface area contributed by atoms with Crippen LogP contribution in [0.5, 0.6) is 0 Å². The summed E-state index contributed by atoms with van der Waals surface area (Å²) in [5.41, 5.74) is 0.641. The molecule has 0 bridgehead atoms. The monoisotopic (exact) mass is 266 g/mol. The maximum atomic E-state index is 9.29. The van der Waals surface area contributed by atoms with E-state index < -0.39 is 0 Å². The second-order valence-electron chi connectivity index (χ2n) is 4.04. The molecule has 2 rings (SSSR count). The van der Waals surface area contributed by atoms with Crippen molar-refractivity contribution in [1.82, 2.24) is 20.2 Å². The largest absolute Gasteiger partial charge is 0.394 e. The number of aromatic amines is 1. The molecule has 0 amide bonds. The number of ether oxygens (including phenoxy) is 1. The molecule has 2 heterocycles.